The van der Waals surface area contributed by atoms with Crippen molar-refractivity contribution in [2.75, 3.05) is 26.7 Å². The minimum absolute atomic E-state index is 0.213. The Morgan fingerprint density at radius 2 is 2.42 bits per heavy atom. The normalized spacial score (nSPS) is 27.8. The molecule has 1 aliphatic rings. The SMILES string of the molecule is CO[C@H](CN)CN1CCC[C@@H]1C. The molecule has 12 heavy (non-hydrogen) atoms. The predicted octanol–water partition coefficient (Wildman–Crippen LogP) is 0.444. The van der Waals surface area contributed by atoms with Gasteiger partial charge in [-0.2, -0.15) is 0 Å². The molecule has 1 heterocycles. The van der Waals surface area contributed by atoms with E-state index in [-0.39, 0.29) is 6.10 Å². The third kappa shape index (κ3) is 2.44. The van der Waals surface area contributed by atoms with Crippen molar-refractivity contribution in [1.82, 2.24) is 4.90 Å². The predicted molar refractivity (Wildman–Crippen MR) is 50.1 cm³/mol. The molecular formula is C9H20N2O. The largest absolute Gasteiger partial charge is 0.379 e. The molecule has 0 aromatic heterocycles. The molecule has 0 spiro atoms. The summed E-state index contributed by atoms with van der Waals surface area (Å²) in [5.74, 6) is 0. The Bertz CT molecular complexity index is 126. The molecule has 0 aliphatic carbocycles. The van der Waals surface area contributed by atoms with Crippen LogP contribution in [-0.4, -0.2) is 43.8 Å². The van der Waals surface area contributed by atoms with Crippen LogP contribution in [0.1, 0.15) is 19.8 Å². The van der Waals surface area contributed by atoms with Crippen molar-refractivity contribution >= 4 is 0 Å². The van der Waals surface area contributed by atoms with E-state index in [2.05, 4.69) is 11.8 Å². The van der Waals surface area contributed by atoms with Gasteiger partial charge in [0.2, 0.25) is 0 Å². The van der Waals surface area contributed by atoms with Gasteiger partial charge in [-0.1, -0.05) is 0 Å². The highest BCUT2D eigenvalue weighted by molar-refractivity contribution is 4.77. The Balaban J connectivity index is 2.28. The molecule has 3 heteroatoms. The van der Waals surface area contributed by atoms with E-state index in [1.165, 1.54) is 19.4 Å². The molecular weight excluding hydrogens is 152 g/mol. The Hall–Kier alpha value is -0.120. The zero-order chi connectivity index (χ0) is 8.97. The van der Waals surface area contributed by atoms with Crippen molar-refractivity contribution < 1.29 is 4.74 Å². The highest BCUT2D eigenvalue weighted by Gasteiger charge is 2.22. The van der Waals surface area contributed by atoms with Gasteiger partial charge in [-0.05, 0) is 26.3 Å². The monoisotopic (exact) mass is 172 g/mol. The standard InChI is InChI=1S/C9H20N2O/c1-8-4-3-5-11(8)7-9(6-10)12-2/h8-9H,3-7,10H2,1-2H3/t8-,9+/m0/s1. The van der Waals surface area contributed by atoms with E-state index < -0.39 is 0 Å². The van der Waals surface area contributed by atoms with Gasteiger partial charge in [-0.15, -0.1) is 0 Å². The quantitative estimate of drug-likeness (QED) is 0.669. The average molecular weight is 172 g/mol. The fourth-order valence-electron chi connectivity index (χ4n) is 1.77. The second kappa shape index (κ2) is 4.80. The third-order valence-corrected chi connectivity index (χ3v) is 2.72. The molecule has 1 fully saturated rings. The second-order valence-electron chi connectivity index (χ2n) is 3.58. The van der Waals surface area contributed by atoms with Gasteiger partial charge >= 0.3 is 0 Å². The summed E-state index contributed by atoms with van der Waals surface area (Å²) in [4.78, 5) is 2.46. The van der Waals surface area contributed by atoms with E-state index in [1.807, 2.05) is 0 Å². The van der Waals surface area contributed by atoms with Crippen LogP contribution < -0.4 is 5.73 Å². The number of nitrogens with zero attached hydrogens (tertiary/aromatic N) is 1. The Morgan fingerprint density at radius 1 is 1.67 bits per heavy atom. The number of likely N-dealkylation sites (tertiary alicyclic amines) is 1. The van der Waals surface area contributed by atoms with Gasteiger partial charge in [0.15, 0.2) is 0 Å². The molecule has 0 aromatic carbocycles. The van der Waals surface area contributed by atoms with E-state index in [0.29, 0.717) is 12.6 Å². The first-order valence-corrected chi connectivity index (χ1v) is 4.74. The van der Waals surface area contributed by atoms with Crippen LogP contribution in [0, 0.1) is 0 Å². The van der Waals surface area contributed by atoms with E-state index in [1.54, 1.807) is 7.11 Å². The summed E-state index contributed by atoms with van der Waals surface area (Å²) in [6, 6.07) is 0.717. The first-order valence-electron chi connectivity index (χ1n) is 4.74. The lowest BCUT2D eigenvalue weighted by Gasteiger charge is -2.25. The van der Waals surface area contributed by atoms with Crippen molar-refractivity contribution in [3.8, 4) is 0 Å². The van der Waals surface area contributed by atoms with E-state index >= 15 is 0 Å². The summed E-state index contributed by atoms with van der Waals surface area (Å²) in [5, 5.41) is 0. The van der Waals surface area contributed by atoms with Crippen LogP contribution >= 0.6 is 0 Å². The maximum Gasteiger partial charge on any atom is 0.0820 e. The first kappa shape index (κ1) is 9.96. The van der Waals surface area contributed by atoms with Crippen LogP contribution in [0.3, 0.4) is 0 Å². The van der Waals surface area contributed by atoms with Crippen LogP contribution in [0.25, 0.3) is 0 Å². The van der Waals surface area contributed by atoms with E-state index in [0.717, 1.165) is 6.54 Å². The highest BCUT2D eigenvalue weighted by Crippen LogP contribution is 2.16. The number of methoxy groups -OCH3 is 1. The molecule has 0 amide bonds. The van der Waals surface area contributed by atoms with Crippen LogP contribution in [0.2, 0.25) is 0 Å². The molecule has 1 rings (SSSR count). The van der Waals surface area contributed by atoms with Crippen LogP contribution in [-0.2, 0) is 4.74 Å². The molecule has 0 saturated carbocycles. The fourth-order valence-corrected chi connectivity index (χ4v) is 1.77. The number of rotatable bonds is 4. The zero-order valence-electron chi connectivity index (χ0n) is 8.12. The molecule has 0 radical (unpaired) electrons. The van der Waals surface area contributed by atoms with Gasteiger partial charge < -0.3 is 10.5 Å². The molecule has 0 bridgehead atoms. The molecule has 0 unspecified atom stereocenters. The summed E-state index contributed by atoms with van der Waals surface area (Å²) < 4.78 is 5.24. The van der Waals surface area contributed by atoms with Crippen molar-refractivity contribution in [2.45, 2.75) is 31.9 Å². The molecule has 3 nitrogen and oxygen atoms in total. The van der Waals surface area contributed by atoms with E-state index in [9.17, 15) is 0 Å². The molecule has 2 N–H and O–H groups in total. The second-order valence-corrected chi connectivity index (χ2v) is 3.58. The Labute approximate surface area is 74.9 Å². The summed E-state index contributed by atoms with van der Waals surface area (Å²) in [5.41, 5.74) is 5.56. The van der Waals surface area contributed by atoms with Crippen molar-refractivity contribution in [2.24, 2.45) is 5.73 Å². The molecule has 0 aromatic rings. The average Bonchev–Trinajstić information content (AvgIpc) is 2.47. The summed E-state index contributed by atoms with van der Waals surface area (Å²) in [7, 11) is 1.73. The minimum atomic E-state index is 0.213. The topological polar surface area (TPSA) is 38.5 Å². The summed E-state index contributed by atoms with van der Waals surface area (Å²) >= 11 is 0. The van der Waals surface area contributed by atoms with Crippen LogP contribution in [0.4, 0.5) is 0 Å². The van der Waals surface area contributed by atoms with Crippen molar-refractivity contribution in [3.05, 3.63) is 0 Å². The zero-order valence-corrected chi connectivity index (χ0v) is 8.12. The first-order chi connectivity index (χ1) is 5.77. The van der Waals surface area contributed by atoms with E-state index in [4.69, 9.17) is 10.5 Å². The maximum absolute atomic E-state index is 5.56. The lowest BCUT2D eigenvalue weighted by molar-refractivity contribution is 0.0679. The van der Waals surface area contributed by atoms with Crippen LogP contribution in [0.5, 0.6) is 0 Å². The molecule has 1 saturated heterocycles. The number of ether oxygens (including phenoxy) is 1. The maximum atomic E-state index is 5.56. The summed E-state index contributed by atoms with van der Waals surface area (Å²) in [6.45, 7) is 5.10. The lowest BCUT2D eigenvalue weighted by Crippen LogP contribution is -2.39. The van der Waals surface area contributed by atoms with Gasteiger partial charge in [0.25, 0.3) is 0 Å². The van der Waals surface area contributed by atoms with Gasteiger partial charge in [-0.3, -0.25) is 4.90 Å². The highest BCUT2D eigenvalue weighted by atomic mass is 16.5. The van der Waals surface area contributed by atoms with Crippen molar-refractivity contribution in [1.29, 1.82) is 0 Å². The van der Waals surface area contributed by atoms with Gasteiger partial charge in [0.1, 0.15) is 0 Å². The number of hydrogen-bond acceptors (Lipinski definition) is 3. The summed E-state index contributed by atoms with van der Waals surface area (Å²) in [6.07, 6.45) is 2.86. The van der Waals surface area contributed by atoms with Gasteiger partial charge in [-0.25, -0.2) is 0 Å². The Morgan fingerprint density at radius 3 is 2.83 bits per heavy atom. The number of nitrogens with two attached hydrogens (primary N) is 1. The smallest absolute Gasteiger partial charge is 0.0820 e. The van der Waals surface area contributed by atoms with Crippen molar-refractivity contribution in [3.63, 3.8) is 0 Å². The molecule has 72 valence electrons. The lowest BCUT2D eigenvalue weighted by atomic mass is 10.2. The minimum Gasteiger partial charge on any atom is -0.379 e. The fraction of sp³-hybridized carbons (Fsp3) is 1.00. The van der Waals surface area contributed by atoms with Gasteiger partial charge in [0.05, 0.1) is 6.10 Å². The van der Waals surface area contributed by atoms with Crippen LogP contribution in [0.15, 0.2) is 0 Å². The third-order valence-electron chi connectivity index (χ3n) is 2.72. The Kier molecular flexibility index (Phi) is 3.98. The molecule has 2 atom stereocenters. The number of hydrogen-bond donors (Lipinski definition) is 1. The van der Waals surface area contributed by atoms with Gasteiger partial charge in [0, 0.05) is 26.2 Å². The molecule has 1 aliphatic heterocycles.